The molecule has 12 heteroatoms. The Morgan fingerprint density at radius 1 is 0.927 bits per heavy atom. The molecule has 41 heavy (non-hydrogen) atoms. The van der Waals surface area contributed by atoms with E-state index in [2.05, 4.69) is 21.2 Å². The molecule has 0 fully saturated rings. The van der Waals surface area contributed by atoms with Crippen molar-refractivity contribution in [3.05, 3.63) is 97.4 Å². The van der Waals surface area contributed by atoms with Crippen molar-refractivity contribution < 1.29 is 18.0 Å². The molecule has 1 N–H and O–H groups in total. The Labute approximate surface area is 264 Å². The van der Waals surface area contributed by atoms with Gasteiger partial charge in [0.15, 0.2) is 0 Å². The molecule has 3 aromatic carbocycles. The van der Waals surface area contributed by atoms with E-state index in [0.717, 1.165) is 26.2 Å². The summed E-state index contributed by atoms with van der Waals surface area (Å²) in [5, 5.41) is 3.22. The summed E-state index contributed by atoms with van der Waals surface area (Å²) in [6, 6.07) is 18.2. The van der Waals surface area contributed by atoms with E-state index in [1.165, 1.54) is 17.0 Å². The smallest absolute Gasteiger partial charge is 0.244 e. The molecule has 0 radical (unpaired) electrons. The first-order valence-electron chi connectivity index (χ1n) is 12.8. The van der Waals surface area contributed by atoms with Gasteiger partial charge in [-0.2, -0.15) is 0 Å². The van der Waals surface area contributed by atoms with Gasteiger partial charge >= 0.3 is 0 Å². The number of rotatable bonds is 12. The van der Waals surface area contributed by atoms with Crippen molar-refractivity contribution in [2.24, 2.45) is 0 Å². The first-order chi connectivity index (χ1) is 19.3. The van der Waals surface area contributed by atoms with Crippen LogP contribution in [0.5, 0.6) is 0 Å². The minimum absolute atomic E-state index is 0.00387. The highest BCUT2D eigenvalue weighted by Gasteiger charge is 2.34. The lowest BCUT2D eigenvalue weighted by Crippen LogP contribution is -2.54. The molecular weight excluding hydrogens is 673 g/mol. The Morgan fingerprint density at radius 2 is 1.54 bits per heavy atom. The molecule has 0 saturated heterocycles. The first-order valence-corrected chi connectivity index (χ1v) is 16.6. The average Bonchev–Trinajstić information content (AvgIpc) is 2.92. The molecule has 0 aliphatic carbocycles. The van der Waals surface area contributed by atoms with Gasteiger partial charge in [0.05, 0.1) is 27.0 Å². The second kappa shape index (κ2) is 14.7. The van der Waals surface area contributed by atoms with Crippen LogP contribution < -0.4 is 9.62 Å². The molecule has 0 aromatic heterocycles. The van der Waals surface area contributed by atoms with E-state index in [4.69, 9.17) is 34.8 Å². The fourth-order valence-corrected chi connectivity index (χ4v) is 5.89. The summed E-state index contributed by atoms with van der Waals surface area (Å²) in [6.07, 6.45) is 1.88. The summed E-state index contributed by atoms with van der Waals surface area (Å²) in [7, 11) is -4.01. The number of anilines is 1. The summed E-state index contributed by atoms with van der Waals surface area (Å²) in [6.45, 7) is 3.28. The number of amides is 2. The third-order valence-electron chi connectivity index (χ3n) is 6.48. The second-order valence-corrected chi connectivity index (χ2v) is 13.7. The number of sulfonamides is 1. The highest BCUT2D eigenvalue weighted by Crippen LogP contribution is 2.35. The zero-order chi connectivity index (χ0) is 30.3. The first kappa shape index (κ1) is 33.2. The van der Waals surface area contributed by atoms with Crippen molar-refractivity contribution in [1.82, 2.24) is 10.2 Å². The molecule has 2 amide bonds. The molecule has 7 nitrogen and oxygen atoms in total. The zero-order valence-electron chi connectivity index (χ0n) is 22.8. The lowest BCUT2D eigenvalue weighted by atomic mass is 10.0. The number of nitrogens with one attached hydrogen (secondary N) is 1. The lowest BCUT2D eigenvalue weighted by Gasteiger charge is -2.34. The number of carbonyl (C=O) groups excluding carboxylic acids is 2. The zero-order valence-corrected chi connectivity index (χ0v) is 27.5. The average molecular weight is 704 g/mol. The number of benzene rings is 3. The molecule has 0 aliphatic rings. The number of carbonyl (C=O) groups is 2. The molecule has 2 atom stereocenters. The molecule has 0 spiro atoms. The minimum atomic E-state index is -4.01. The standard InChI is InChI=1S/C29H31BrCl3N3O4S/c1-4-19(2)34-29(38)27(14-20-8-6-5-7-9-20)35(17-21-10-12-22(30)13-11-21)28(37)18-36(41(3,39)40)26-16-24(32)23(31)15-25(26)33/h5-13,15-16,19,27H,4,14,17-18H2,1-3H3,(H,34,38)/t19-,27-/m0/s1. The predicted octanol–water partition coefficient (Wildman–Crippen LogP) is 6.73. The van der Waals surface area contributed by atoms with E-state index >= 15 is 0 Å². The van der Waals surface area contributed by atoms with Crippen LogP contribution >= 0.6 is 50.7 Å². The fraction of sp³-hybridized carbons (Fsp3) is 0.310. The van der Waals surface area contributed by atoms with E-state index in [0.29, 0.717) is 6.42 Å². The van der Waals surface area contributed by atoms with Crippen molar-refractivity contribution in [1.29, 1.82) is 0 Å². The van der Waals surface area contributed by atoms with Crippen LogP contribution in [0.2, 0.25) is 15.1 Å². The Kier molecular flexibility index (Phi) is 11.9. The molecule has 0 saturated carbocycles. The van der Waals surface area contributed by atoms with Gasteiger partial charge < -0.3 is 10.2 Å². The van der Waals surface area contributed by atoms with Crippen LogP contribution in [0.3, 0.4) is 0 Å². The quantitative estimate of drug-likeness (QED) is 0.212. The number of hydrogen-bond acceptors (Lipinski definition) is 4. The summed E-state index contributed by atoms with van der Waals surface area (Å²) < 4.78 is 27.6. The maximum atomic E-state index is 14.1. The molecule has 0 heterocycles. The van der Waals surface area contributed by atoms with Crippen molar-refractivity contribution in [3.63, 3.8) is 0 Å². The highest BCUT2D eigenvalue weighted by molar-refractivity contribution is 9.10. The monoisotopic (exact) mass is 701 g/mol. The molecule has 3 aromatic rings. The van der Waals surface area contributed by atoms with E-state index in [1.54, 1.807) is 0 Å². The number of halogens is 4. The largest absolute Gasteiger partial charge is 0.352 e. The van der Waals surface area contributed by atoms with Gasteiger partial charge in [-0.25, -0.2) is 8.42 Å². The molecule has 0 aliphatic heterocycles. The molecule has 0 unspecified atom stereocenters. The highest BCUT2D eigenvalue weighted by atomic mass is 79.9. The second-order valence-electron chi connectivity index (χ2n) is 9.66. The molecular formula is C29H31BrCl3N3O4S. The Balaban J connectivity index is 2.09. The van der Waals surface area contributed by atoms with Gasteiger partial charge in [0.1, 0.15) is 12.6 Å². The third kappa shape index (κ3) is 9.35. The Bertz CT molecular complexity index is 1470. The van der Waals surface area contributed by atoms with Crippen LogP contribution in [0.25, 0.3) is 0 Å². The van der Waals surface area contributed by atoms with Crippen molar-refractivity contribution in [2.45, 2.75) is 45.3 Å². The van der Waals surface area contributed by atoms with Crippen molar-refractivity contribution >= 4 is 78.3 Å². The van der Waals surface area contributed by atoms with Crippen LogP contribution in [0.4, 0.5) is 5.69 Å². The van der Waals surface area contributed by atoms with E-state index < -0.39 is 28.5 Å². The van der Waals surface area contributed by atoms with Gasteiger partial charge in [0.2, 0.25) is 21.8 Å². The van der Waals surface area contributed by atoms with E-state index in [1.807, 2.05) is 68.4 Å². The number of hydrogen-bond donors (Lipinski definition) is 1. The maximum absolute atomic E-state index is 14.1. The fourth-order valence-electron chi connectivity index (χ4n) is 4.08. The van der Waals surface area contributed by atoms with Gasteiger partial charge in [0.25, 0.3) is 0 Å². The minimum Gasteiger partial charge on any atom is -0.352 e. The topological polar surface area (TPSA) is 86.8 Å². The maximum Gasteiger partial charge on any atom is 0.244 e. The third-order valence-corrected chi connectivity index (χ3v) is 9.16. The van der Waals surface area contributed by atoms with Gasteiger partial charge in [-0.1, -0.05) is 100 Å². The van der Waals surface area contributed by atoms with Crippen LogP contribution in [0.15, 0.2) is 71.2 Å². The van der Waals surface area contributed by atoms with Gasteiger partial charge in [-0.05, 0) is 48.7 Å². The van der Waals surface area contributed by atoms with Crippen LogP contribution in [-0.2, 0) is 32.6 Å². The van der Waals surface area contributed by atoms with Gasteiger partial charge in [-0.3, -0.25) is 13.9 Å². The van der Waals surface area contributed by atoms with E-state index in [9.17, 15) is 18.0 Å². The summed E-state index contributed by atoms with van der Waals surface area (Å²) in [5.74, 6) is -0.937. The summed E-state index contributed by atoms with van der Waals surface area (Å²) in [5.41, 5.74) is 1.61. The van der Waals surface area contributed by atoms with Crippen LogP contribution in [-0.4, -0.2) is 50.0 Å². The van der Waals surface area contributed by atoms with Crippen LogP contribution in [0, 0.1) is 0 Å². The normalized spacial score (nSPS) is 12.9. The lowest BCUT2D eigenvalue weighted by molar-refractivity contribution is -0.140. The van der Waals surface area contributed by atoms with Crippen molar-refractivity contribution in [3.8, 4) is 0 Å². The molecule has 0 bridgehead atoms. The van der Waals surface area contributed by atoms with Crippen molar-refractivity contribution in [2.75, 3.05) is 17.1 Å². The molecule has 3 rings (SSSR count). The summed E-state index contributed by atoms with van der Waals surface area (Å²) in [4.78, 5) is 29.2. The van der Waals surface area contributed by atoms with E-state index in [-0.39, 0.29) is 45.7 Å². The van der Waals surface area contributed by atoms with Gasteiger partial charge in [0, 0.05) is 23.5 Å². The Morgan fingerprint density at radius 3 is 2.12 bits per heavy atom. The van der Waals surface area contributed by atoms with Crippen LogP contribution in [0.1, 0.15) is 31.4 Å². The van der Waals surface area contributed by atoms with Gasteiger partial charge in [-0.15, -0.1) is 0 Å². The SMILES string of the molecule is CC[C@H](C)NC(=O)[C@H](Cc1ccccc1)N(Cc1ccc(Br)cc1)C(=O)CN(c1cc(Cl)c(Cl)cc1Cl)S(C)(=O)=O. The summed E-state index contributed by atoms with van der Waals surface area (Å²) >= 11 is 22.0. The Hall–Kier alpha value is -2.30. The number of nitrogens with zero attached hydrogens (tertiary/aromatic N) is 2. The predicted molar refractivity (Wildman–Crippen MR) is 170 cm³/mol. The molecule has 220 valence electrons.